The molecule has 0 amide bonds. The minimum Gasteiger partial charge on any atom is -0.393 e. The van der Waals surface area contributed by atoms with E-state index in [-0.39, 0.29) is 23.5 Å². The number of hydrogen-bond acceptors (Lipinski definition) is 4. The zero-order valence-corrected chi connectivity index (χ0v) is 17.4. The SMILES string of the molecule is C[C@]12CCC3C(CC[C@H]4C[C@H](OP(=O)(O)O)CC[C@]34C)C1CC[C@]2(O)CO. The zero-order chi connectivity index (χ0) is 19.7. The van der Waals surface area contributed by atoms with E-state index >= 15 is 0 Å². The standard InChI is InChI=1S/C20H35O6P/c1-18-8-5-14(26-27(23,24)25)11-13(18)3-4-15-16(18)6-9-19(2)17(15)7-10-20(19,22)12-21/h13-17,21-22H,3-12H2,1-2H3,(H2,23,24,25)/t13-,14+,15?,16?,17?,18-,19-,20-/m0/s1. The van der Waals surface area contributed by atoms with Gasteiger partial charge < -0.3 is 20.0 Å². The molecular formula is C20H35O6P. The highest BCUT2D eigenvalue weighted by Gasteiger charge is 2.64. The van der Waals surface area contributed by atoms with E-state index in [2.05, 4.69) is 13.8 Å². The summed E-state index contributed by atoms with van der Waals surface area (Å²) in [7, 11) is -4.43. The lowest BCUT2D eigenvalue weighted by Gasteiger charge is -2.61. The quantitative estimate of drug-likeness (QED) is 0.540. The molecule has 0 saturated heterocycles. The maximum Gasteiger partial charge on any atom is 0.469 e. The van der Waals surface area contributed by atoms with Crippen LogP contribution in [0.15, 0.2) is 0 Å². The number of aliphatic hydroxyl groups excluding tert-OH is 1. The Labute approximate surface area is 161 Å². The first-order chi connectivity index (χ1) is 12.5. The Morgan fingerprint density at radius 2 is 1.70 bits per heavy atom. The van der Waals surface area contributed by atoms with Crippen LogP contribution >= 0.6 is 7.82 Å². The van der Waals surface area contributed by atoms with Crippen LogP contribution in [0.25, 0.3) is 0 Å². The maximum atomic E-state index is 11.2. The third-order valence-electron chi connectivity index (χ3n) is 9.49. The van der Waals surface area contributed by atoms with Gasteiger partial charge in [-0.1, -0.05) is 13.8 Å². The fourth-order valence-corrected chi connectivity index (χ4v) is 8.46. The first-order valence-corrected chi connectivity index (χ1v) is 12.1. The Kier molecular flexibility index (Phi) is 4.90. The molecule has 0 radical (unpaired) electrons. The van der Waals surface area contributed by atoms with Gasteiger partial charge in [0.2, 0.25) is 0 Å². The maximum absolute atomic E-state index is 11.2. The van der Waals surface area contributed by atoms with Crippen molar-refractivity contribution in [3.05, 3.63) is 0 Å². The molecule has 8 atom stereocenters. The van der Waals surface area contributed by atoms with Gasteiger partial charge in [-0.05, 0) is 86.9 Å². The van der Waals surface area contributed by atoms with Gasteiger partial charge in [0.25, 0.3) is 0 Å². The van der Waals surface area contributed by atoms with Gasteiger partial charge in [0.05, 0.1) is 18.3 Å². The summed E-state index contributed by atoms with van der Waals surface area (Å²) in [6, 6.07) is 0. The van der Waals surface area contributed by atoms with Crippen LogP contribution in [-0.4, -0.2) is 38.3 Å². The van der Waals surface area contributed by atoms with Gasteiger partial charge in [0.15, 0.2) is 0 Å². The lowest BCUT2D eigenvalue weighted by atomic mass is 9.44. The summed E-state index contributed by atoms with van der Waals surface area (Å²) in [4.78, 5) is 18.3. The second-order valence-electron chi connectivity index (χ2n) is 10.3. The third kappa shape index (κ3) is 3.06. The highest BCUT2D eigenvalue weighted by Crippen LogP contribution is 2.68. The molecule has 0 aromatic heterocycles. The molecule has 4 aliphatic rings. The summed E-state index contributed by atoms with van der Waals surface area (Å²) in [6.07, 6.45) is 8.01. The molecule has 4 fully saturated rings. The topological polar surface area (TPSA) is 107 Å². The normalized spacial score (nSPS) is 52.7. The average Bonchev–Trinajstić information content (AvgIpc) is 2.86. The van der Waals surface area contributed by atoms with Crippen molar-refractivity contribution in [2.75, 3.05) is 6.61 Å². The van der Waals surface area contributed by atoms with Crippen molar-refractivity contribution in [3.8, 4) is 0 Å². The minimum absolute atomic E-state index is 0.140. The fraction of sp³-hybridized carbons (Fsp3) is 1.00. The van der Waals surface area contributed by atoms with Crippen LogP contribution in [-0.2, 0) is 9.09 Å². The highest BCUT2D eigenvalue weighted by molar-refractivity contribution is 7.46. The predicted molar refractivity (Wildman–Crippen MR) is 101 cm³/mol. The number of phosphoric ester groups is 1. The van der Waals surface area contributed by atoms with E-state index in [1.165, 1.54) is 0 Å². The van der Waals surface area contributed by atoms with Crippen molar-refractivity contribution in [1.82, 2.24) is 0 Å². The van der Waals surface area contributed by atoms with Crippen molar-refractivity contribution < 1.29 is 29.1 Å². The second-order valence-corrected chi connectivity index (χ2v) is 11.5. The molecule has 6 nitrogen and oxygen atoms in total. The van der Waals surface area contributed by atoms with Crippen LogP contribution in [0.3, 0.4) is 0 Å². The molecule has 0 aromatic rings. The monoisotopic (exact) mass is 402 g/mol. The van der Waals surface area contributed by atoms with Crippen molar-refractivity contribution in [1.29, 1.82) is 0 Å². The van der Waals surface area contributed by atoms with E-state index < -0.39 is 13.4 Å². The van der Waals surface area contributed by atoms with Gasteiger partial charge in [-0.15, -0.1) is 0 Å². The molecule has 4 aliphatic carbocycles. The molecule has 4 rings (SSSR count). The molecule has 7 heteroatoms. The number of rotatable bonds is 3. The van der Waals surface area contributed by atoms with Gasteiger partial charge in [-0.3, -0.25) is 4.52 Å². The molecule has 0 aromatic carbocycles. The average molecular weight is 402 g/mol. The molecular weight excluding hydrogens is 367 g/mol. The Bertz CT molecular complexity index is 636. The number of phosphoric acid groups is 1. The van der Waals surface area contributed by atoms with Gasteiger partial charge in [-0.25, -0.2) is 4.57 Å². The minimum atomic E-state index is -4.43. The van der Waals surface area contributed by atoms with Gasteiger partial charge in [-0.2, -0.15) is 0 Å². The summed E-state index contributed by atoms with van der Waals surface area (Å²) in [5.41, 5.74) is -0.929. The first kappa shape index (κ1) is 20.3. The predicted octanol–water partition coefficient (Wildman–Crippen LogP) is 3.23. The summed E-state index contributed by atoms with van der Waals surface area (Å²) in [5.74, 6) is 2.11. The van der Waals surface area contributed by atoms with Gasteiger partial charge in [0, 0.05) is 5.41 Å². The molecule has 0 aliphatic heterocycles. The molecule has 27 heavy (non-hydrogen) atoms. The second kappa shape index (κ2) is 6.52. The van der Waals surface area contributed by atoms with E-state index in [9.17, 15) is 14.8 Å². The zero-order valence-electron chi connectivity index (χ0n) is 16.5. The fourth-order valence-electron chi connectivity index (χ4n) is 7.88. The molecule has 3 unspecified atom stereocenters. The number of fused-ring (bicyclic) bond motifs is 5. The van der Waals surface area contributed by atoms with Crippen LogP contribution in [0.1, 0.15) is 71.6 Å². The first-order valence-electron chi connectivity index (χ1n) is 10.6. The largest absolute Gasteiger partial charge is 0.469 e. The highest BCUT2D eigenvalue weighted by atomic mass is 31.2. The van der Waals surface area contributed by atoms with Crippen LogP contribution in [0.4, 0.5) is 0 Å². The Hall–Kier alpha value is 0.0300. The van der Waals surface area contributed by atoms with Gasteiger partial charge in [0.1, 0.15) is 0 Å². The summed E-state index contributed by atoms with van der Waals surface area (Å²) < 4.78 is 16.3. The molecule has 156 valence electrons. The Morgan fingerprint density at radius 3 is 2.37 bits per heavy atom. The molecule has 0 spiro atoms. The van der Waals surface area contributed by atoms with E-state index in [1.807, 2.05) is 0 Å². The summed E-state index contributed by atoms with van der Waals surface area (Å²) in [6.45, 7) is 4.44. The van der Waals surface area contributed by atoms with Crippen molar-refractivity contribution in [3.63, 3.8) is 0 Å². The van der Waals surface area contributed by atoms with Crippen LogP contribution in [0.2, 0.25) is 0 Å². The van der Waals surface area contributed by atoms with Crippen molar-refractivity contribution in [2.24, 2.45) is 34.5 Å². The van der Waals surface area contributed by atoms with E-state index in [1.54, 1.807) is 0 Å². The number of hydrogen-bond donors (Lipinski definition) is 4. The summed E-state index contributed by atoms with van der Waals surface area (Å²) >= 11 is 0. The third-order valence-corrected chi connectivity index (χ3v) is 10.1. The lowest BCUT2D eigenvalue weighted by Crippen LogP contribution is -2.57. The van der Waals surface area contributed by atoms with Gasteiger partial charge >= 0.3 is 7.82 Å². The Morgan fingerprint density at radius 1 is 1.00 bits per heavy atom. The molecule has 4 N–H and O–H groups in total. The number of aliphatic hydroxyl groups is 2. The smallest absolute Gasteiger partial charge is 0.393 e. The van der Waals surface area contributed by atoms with Crippen LogP contribution < -0.4 is 0 Å². The molecule has 0 heterocycles. The van der Waals surface area contributed by atoms with Crippen LogP contribution in [0, 0.1) is 34.5 Å². The molecule has 4 saturated carbocycles. The van der Waals surface area contributed by atoms with E-state index in [0.29, 0.717) is 36.5 Å². The molecule has 0 bridgehead atoms. The lowest BCUT2D eigenvalue weighted by molar-refractivity contribution is -0.168. The summed E-state index contributed by atoms with van der Waals surface area (Å²) in [5, 5.41) is 20.9. The van der Waals surface area contributed by atoms with Crippen molar-refractivity contribution in [2.45, 2.75) is 83.3 Å². The van der Waals surface area contributed by atoms with Crippen molar-refractivity contribution >= 4 is 7.82 Å². The van der Waals surface area contributed by atoms with Crippen LogP contribution in [0.5, 0.6) is 0 Å². The van der Waals surface area contributed by atoms with E-state index in [4.69, 9.17) is 14.3 Å². The Balaban J connectivity index is 1.53. The van der Waals surface area contributed by atoms with E-state index in [0.717, 1.165) is 44.9 Å².